The third-order valence-corrected chi connectivity index (χ3v) is 5.43. The average Bonchev–Trinajstić information content (AvgIpc) is 3.23. The molecular weight excluding hydrogens is 403 g/mol. The lowest BCUT2D eigenvalue weighted by atomic mass is 9.97. The number of hydrogen-bond donors (Lipinski definition) is 1. The van der Waals surface area contributed by atoms with E-state index >= 15 is 0 Å². The number of carbonyl (C=O) groups excluding carboxylic acids is 1. The number of aliphatic hydroxyl groups excluding tert-OH is 1. The lowest BCUT2D eigenvalue weighted by Gasteiger charge is -2.30. The summed E-state index contributed by atoms with van der Waals surface area (Å²) in [7, 11) is 3.15. The van der Waals surface area contributed by atoms with Crippen molar-refractivity contribution in [3.63, 3.8) is 0 Å². The minimum atomic E-state index is -1.03. The number of hydrogen-bond acceptors (Lipinski definition) is 6. The van der Waals surface area contributed by atoms with Gasteiger partial charge in [-0.1, -0.05) is 5.16 Å². The van der Waals surface area contributed by atoms with E-state index in [-0.39, 0.29) is 22.9 Å². The fourth-order valence-corrected chi connectivity index (χ4v) is 3.81. The number of fused-ring (bicyclic) bond motifs is 1. The second kappa shape index (κ2) is 8.39. The van der Waals surface area contributed by atoms with Crippen LogP contribution < -0.4 is 9.47 Å². The highest BCUT2D eigenvalue weighted by molar-refractivity contribution is 6.01. The van der Waals surface area contributed by atoms with E-state index in [4.69, 9.17) is 14.0 Å². The highest BCUT2D eigenvalue weighted by Gasteiger charge is 2.32. The Balaban J connectivity index is 1.70. The van der Waals surface area contributed by atoms with Crippen molar-refractivity contribution in [2.45, 2.75) is 26.0 Å². The zero-order valence-corrected chi connectivity index (χ0v) is 17.5. The molecule has 2 aromatic carbocycles. The van der Waals surface area contributed by atoms with Crippen molar-refractivity contribution in [3.05, 3.63) is 64.7 Å². The first-order valence-corrected chi connectivity index (χ1v) is 9.89. The van der Waals surface area contributed by atoms with Crippen LogP contribution in [0, 0.1) is 5.82 Å². The SMILES string of the molecule is COc1cc2c(cc1OC)CN(C(=O)c1c(-c3ccc(F)cc3)noc1C(C)O)CC2. The molecule has 0 saturated carbocycles. The molecule has 3 aromatic rings. The van der Waals surface area contributed by atoms with Gasteiger partial charge in [0.15, 0.2) is 17.3 Å². The summed E-state index contributed by atoms with van der Waals surface area (Å²) in [5, 5.41) is 14.2. The molecule has 0 aliphatic carbocycles. The van der Waals surface area contributed by atoms with Gasteiger partial charge >= 0.3 is 0 Å². The highest BCUT2D eigenvalue weighted by Crippen LogP contribution is 2.35. The van der Waals surface area contributed by atoms with Gasteiger partial charge in [0.25, 0.3) is 5.91 Å². The number of nitrogens with zero attached hydrogens (tertiary/aromatic N) is 2. The molecule has 1 atom stereocenters. The molecule has 0 saturated heterocycles. The summed E-state index contributed by atoms with van der Waals surface area (Å²) in [6.07, 6.45) is -0.384. The molecule has 1 aliphatic heterocycles. The smallest absolute Gasteiger partial charge is 0.260 e. The van der Waals surface area contributed by atoms with Crippen molar-refractivity contribution in [3.8, 4) is 22.8 Å². The van der Waals surface area contributed by atoms with E-state index in [1.54, 1.807) is 19.1 Å². The number of aromatic nitrogens is 1. The quantitative estimate of drug-likeness (QED) is 0.669. The first-order valence-electron chi connectivity index (χ1n) is 9.89. The predicted octanol–water partition coefficient (Wildman–Crippen LogP) is 3.75. The average molecular weight is 426 g/mol. The summed E-state index contributed by atoms with van der Waals surface area (Å²) in [6.45, 7) is 2.35. The molecule has 1 aromatic heterocycles. The number of benzene rings is 2. The van der Waals surface area contributed by atoms with Gasteiger partial charge in [0.2, 0.25) is 0 Å². The Morgan fingerprint density at radius 1 is 1.16 bits per heavy atom. The van der Waals surface area contributed by atoms with Crippen LogP contribution in [0.25, 0.3) is 11.3 Å². The van der Waals surface area contributed by atoms with Crippen LogP contribution in [-0.4, -0.2) is 41.8 Å². The van der Waals surface area contributed by atoms with Crippen LogP contribution in [0.5, 0.6) is 11.5 Å². The van der Waals surface area contributed by atoms with Crippen molar-refractivity contribution in [2.75, 3.05) is 20.8 Å². The van der Waals surface area contributed by atoms with E-state index in [2.05, 4.69) is 5.16 Å². The van der Waals surface area contributed by atoms with Gasteiger partial charge in [0.1, 0.15) is 23.2 Å². The molecule has 1 aliphatic rings. The monoisotopic (exact) mass is 426 g/mol. The second-order valence-corrected chi connectivity index (χ2v) is 7.41. The number of methoxy groups -OCH3 is 2. The third kappa shape index (κ3) is 3.86. The molecule has 0 radical (unpaired) electrons. The summed E-state index contributed by atoms with van der Waals surface area (Å²) in [5.41, 5.74) is 3.03. The molecule has 0 bridgehead atoms. The number of aliphatic hydroxyl groups is 1. The number of carbonyl (C=O) groups is 1. The highest BCUT2D eigenvalue weighted by atomic mass is 19.1. The van der Waals surface area contributed by atoms with Crippen LogP contribution in [-0.2, 0) is 13.0 Å². The van der Waals surface area contributed by atoms with Gasteiger partial charge in [0, 0.05) is 18.7 Å². The number of amides is 1. The van der Waals surface area contributed by atoms with E-state index < -0.39 is 11.9 Å². The van der Waals surface area contributed by atoms with E-state index in [0.29, 0.717) is 36.6 Å². The summed E-state index contributed by atoms with van der Waals surface area (Å²) in [6, 6.07) is 9.43. The van der Waals surface area contributed by atoms with E-state index in [9.17, 15) is 14.3 Å². The summed E-state index contributed by atoms with van der Waals surface area (Å²) < 4.78 is 29.4. The fraction of sp³-hybridized carbons (Fsp3) is 0.304. The number of rotatable bonds is 5. The van der Waals surface area contributed by atoms with E-state index in [0.717, 1.165) is 11.1 Å². The lowest BCUT2D eigenvalue weighted by Crippen LogP contribution is -2.36. The predicted molar refractivity (Wildman–Crippen MR) is 111 cm³/mol. The maximum absolute atomic E-state index is 13.5. The molecule has 0 fully saturated rings. The van der Waals surface area contributed by atoms with Crippen LogP contribution >= 0.6 is 0 Å². The van der Waals surface area contributed by atoms with Gasteiger partial charge < -0.3 is 24.0 Å². The molecule has 8 heteroatoms. The standard InChI is InChI=1S/C23H23FN2O5/c1-13(27)22-20(21(25-31-22)14-4-6-17(24)7-5-14)23(28)26-9-8-15-10-18(29-2)19(30-3)11-16(15)12-26/h4-7,10-11,13,27H,8-9,12H2,1-3H3. The lowest BCUT2D eigenvalue weighted by molar-refractivity contribution is 0.0723. The number of halogens is 1. The van der Waals surface area contributed by atoms with E-state index in [1.807, 2.05) is 12.1 Å². The minimum absolute atomic E-state index is 0.0856. The molecule has 31 heavy (non-hydrogen) atoms. The molecule has 1 N–H and O–H groups in total. The maximum atomic E-state index is 13.5. The van der Waals surface area contributed by atoms with Gasteiger partial charge in [-0.2, -0.15) is 0 Å². The fourth-order valence-electron chi connectivity index (χ4n) is 3.81. The Bertz CT molecular complexity index is 1110. The topological polar surface area (TPSA) is 85.0 Å². The van der Waals surface area contributed by atoms with Crippen molar-refractivity contribution < 1.29 is 28.3 Å². The van der Waals surface area contributed by atoms with Crippen LogP contribution in [0.1, 0.15) is 40.3 Å². The summed E-state index contributed by atoms with van der Waals surface area (Å²) in [4.78, 5) is 15.2. The second-order valence-electron chi connectivity index (χ2n) is 7.41. The van der Waals surface area contributed by atoms with Gasteiger partial charge in [-0.05, 0) is 60.9 Å². The Morgan fingerprint density at radius 2 is 1.81 bits per heavy atom. The van der Waals surface area contributed by atoms with Crippen molar-refractivity contribution in [1.29, 1.82) is 0 Å². The molecule has 2 heterocycles. The molecule has 1 amide bonds. The Hall–Kier alpha value is -3.39. The summed E-state index contributed by atoms with van der Waals surface area (Å²) >= 11 is 0. The van der Waals surface area contributed by atoms with Gasteiger partial charge in [-0.3, -0.25) is 4.79 Å². The van der Waals surface area contributed by atoms with Crippen LogP contribution in [0.15, 0.2) is 40.9 Å². The van der Waals surface area contributed by atoms with Gasteiger partial charge in [0.05, 0.1) is 14.2 Å². The molecule has 7 nitrogen and oxygen atoms in total. The molecular formula is C23H23FN2O5. The minimum Gasteiger partial charge on any atom is -0.493 e. The van der Waals surface area contributed by atoms with Crippen LogP contribution in [0.2, 0.25) is 0 Å². The molecule has 4 rings (SSSR count). The molecule has 162 valence electrons. The Kier molecular flexibility index (Phi) is 5.65. The zero-order chi connectivity index (χ0) is 22.1. The summed E-state index contributed by atoms with van der Waals surface area (Å²) in [5.74, 6) is 0.625. The largest absolute Gasteiger partial charge is 0.493 e. The Labute approximate surface area is 179 Å². The first kappa shape index (κ1) is 20.9. The third-order valence-electron chi connectivity index (χ3n) is 5.43. The maximum Gasteiger partial charge on any atom is 0.260 e. The molecule has 0 spiro atoms. The zero-order valence-electron chi connectivity index (χ0n) is 17.5. The van der Waals surface area contributed by atoms with Crippen LogP contribution in [0.4, 0.5) is 4.39 Å². The van der Waals surface area contributed by atoms with Crippen molar-refractivity contribution >= 4 is 5.91 Å². The first-order chi connectivity index (χ1) is 14.9. The van der Waals surface area contributed by atoms with E-state index in [1.165, 1.54) is 31.2 Å². The normalized spacial score (nSPS) is 14.2. The van der Waals surface area contributed by atoms with Crippen LogP contribution in [0.3, 0.4) is 0 Å². The Morgan fingerprint density at radius 3 is 2.42 bits per heavy atom. The van der Waals surface area contributed by atoms with Crippen molar-refractivity contribution in [2.24, 2.45) is 0 Å². The van der Waals surface area contributed by atoms with Gasteiger partial charge in [-0.25, -0.2) is 4.39 Å². The molecule has 1 unspecified atom stereocenters. The number of ether oxygens (including phenoxy) is 2. The van der Waals surface area contributed by atoms with Gasteiger partial charge in [-0.15, -0.1) is 0 Å². The van der Waals surface area contributed by atoms with Crippen molar-refractivity contribution in [1.82, 2.24) is 10.1 Å².